The first-order valence-corrected chi connectivity index (χ1v) is 9.07. The summed E-state index contributed by atoms with van der Waals surface area (Å²) in [4.78, 5) is 33.1. The van der Waals surface area contributed by atoms with Crippen molar-refractivity contribution in [3.63, 3.8) is 0 Å². The number of benzene rings is 1. The van der Waals surface area contributed by atoms with E-state index in [2.05, 4.69) is 20.6 Å². The summed E-state index contributed by atoms with van der Waals surface area (Å²) in [5, 5.41) is 5.76. The molecule has 1 aliphatic heterocycles. The third-order valence-corrected chi connectivity index (χ3v) is 4.58. The number of fused-ring (bicyclic) bond motifs is 1. The lowest BCUT2D eigenvalue weighted by atomic mass is 9.87. The number of amides is 2. The molecule has 2 heterocycles. The van der Waals surface area contributed by atoms with Crippen LogP contribution in [-0.2, 0) is 9.59 Å². The molecule has 1 atom stereocenters. The van der Waals surface area contributed by atoms with E-state index in [0.29, 0.717) is 23.5 Å². The summed E-state index contributed by atoms with van der Waals surface area (Å²) in [7, 11) is 1.53. The van der Waals surface area contributed by atoms with Gasteiger partial charge in [0, 0.05) is 42.6 Å². The number of aromatic nitrogens is 2. The largest absolute Gasteiger partial charge is 0.494 e. The van der Waals surface area contributed by atoms with Gasteiger partial charge in [-0.15, -0.1) is 0 Å². The molecule has 7 heteroatoms. The molecule has 1 aromatic carbocycles. The molecule has 27 heavy (non-hydrogen) atoms. The normalized spacial score (nSPS) is 15.9. The van der Waals surface area contributed by atoms with Crippen LogP contribution >= 0.6 is 0 Å². The van der Waals surface area contributed by atoms with Crippen LogP contribution in [0.4, 0.5) is 11.4 Å². The Labute approximate surface area is 158 Å². The third kappa shape index (κ3) is 3.92. The maximum absolute atomic E-state index is 12.3. The highest BCUT2D eigenvalue weighted by Gasteiger charge is 2.29. The number of carbonyl (C=O) groups is 2. The molecule has 2 aromatic rings. The predicted octanol–water partition coefficient (Wildman–Crippen LogP) is 3.43. The Hall–Kier alpha value is -2.96. The minimum Gasteiger partial charge on any atom is -0.494 e. The number of rotatable bonds is 5. The number of nitrogens with zero attached hydrogens (tertiary/aromatic N) is 2. The Balaban J connectivity index is 2.09. The summed E-state index contributed by atoms with van der Waals surface area (Å²) in [6.45, 7) is 5.85. The highest BCUT2D eigenvalue weighted by Crippen LogP contribution is 2.41. The van der Waals surface area contributed by atoms with Gasteiger partial charge in [-0.3, -0.25) is 9.59 Å². The SMILES string of the molecule is CCC(=O)Nc1cc2c(cc1OC)NC(=O)C[C@H]2c1ccnc(C(C)C)n1. The maximum Gasteiger partial charge on any atom is 0.225 e. The van der Waals surface area contributed by atoms with Crippen molar-refractivity contribution in [3.8, 4) is 5.75 Å². The summed E-state index contributed by atoms with van der Waals surface area (Å²) < 4.78 is 5.39. The Morgan fingerprint density at radius 3 is 2.85 bits per heavy atom. The van der Waals surface area contributed by atoms with Crippen molar-refractivity contribution in [3.05, 3.63) is 41.5 Å². The van der Waals surface area contributed by atoms with E-state index in [1.165, 1.54) is 7.11 Å². The lowest BCUT2D eigenvalue weighted by molar-refractivity contribution is -0.117. The van der Waals surface area contributed by atoms with Crippen LogP contribution in [0.15, 0.2) is 24.4 Å². The third-order valence-electron chi connectivity index (χ3n) is 4.58. The number of ether oxygens (including phenoxy) is 1. The Morgan fingerprint density at radius 1 is 1.41 bits per heavy atom. The van der Waals surface area contributed by atoms with Crippen molar-refractivity contribution in [2.75, 3.05) is 17.7 Å². The molecule has 0 radical (unpaired) electrons. The van der Waals surface area contributed by atoms with Crippen LogP contribution in [0.5, 0.6) is 5.75 Å². The molecule has 7 nitrogen and oxygen atoms in total. The van der Waals surface area contributed by atoms with Crippen LogP contribution in [-0.4, -0.2) is 28.9 Å². The van der Waals surface area contributed by atoms with Crippen molar-refractivity contribution >= 4 is 23.2 Å². The van der Waals surface area contributed by atoms with Crippen LogP contribution in [0.1, 0.15) is 62.5 Å². The number of carbonyl (C=O) groups excluding carboxylic acids is 2. The molecule has 1 aliphatic rings. The predicted molar refractivity (Wildman–Crippen MR) is 103 cm³/mol. The molecule has 0 aliphatic carbocycles. The molecule has 3 rings (SSSR count). The second kappa shape index (κ2) is 7.73. The molecular weight excluding hydrogens is 344 g/mol. The zero-order chi connectivity index (χ0) is 19.6. The van der Waals surface area contributed by atoms with E-state index < -0.39 is 0 Å². The summed E-state index contributed by atoms with van der Waals surface area (Å²) in [6.07, 6.45) is 2.38. The van der Waals surface area contributed by atoms with Gasteiger partial charge in [0.1, 0.15) is 11.6 Å². The van der Waals surface area contributed by atoms with Crippen LogP contribution < -0.4 is 15.4 Å². The van der Waals surface area contributed by atoms with Crippen molar-refractivity contribution in [1.29, 1.82) is 0 Å². The van der Waals surface area contributed by atoms with E-state index in [0.717, 1.165) is 17.1 Å². The first kappa shape index (κ1) is 18.8. The van der Waals surface area contributed by atoms with E-state index >= 15 is 0 Å². The van der Waals surface area contributed by atoms with Crippen LogP contribution in [0, 0.1) is 0 Å². The van der Waals surface area contributed by atoms with Gasteiger partial charge in [0.2, 0.25) is 11.8 Å². The molecular formula is C20H24N4O3. The van der Waals surface area contributed by atoms with Gasteiger partial charge in [-0.1, -0.05) is 20.8 Å². The smallest absolute Gasteiger partial charge is 0.225 e. The van der Waals surface area contributed by atoms with Gasteiger partial charge in [-0.2, -0.15) is 0 Å². The van der Waals surface area contributed by atoms with Gasteiger partial charge in [0.25, 0.3) is 0 Å². The van der Waals surface area contributed by atoms with E-state index in [9.17, 15) is 9.59 Å². The second-order valence-corrected chi connectivity index (χ2v) is 6.84. The molecule has 1 aromatic heterocycles. The highest BCUT2D eigenvalue weighted by atomic mass is 16.5. The van der Waals surface area contributed by atoms with E-state index in [1.54, 1.807) is 19.2 Å². The maximum atomic E-state index is 12.3. The van der Waals surface area contributed by atoms with Crippen molar-refractivity contribution in [2.45, 2.75) is 45.4 Å². The van der Waals surface area contributed by atoms with Crippen LogP contribution in [0.2, 0.25) is 0 Å². The zero-order valence-electron chi connectivity index (χ0n) is 16.0. The summed E-state index contributed by atoms with van der Waals surface area (Å²) in [5.41, 5.74) is 2.95. The van der Waals surface area contributed by atoms with Gasteiger partial charge < -0.3 is 15.4 Å². The summed E-state index contributed by atoms with van der Waals surface area (Å²) in [6, 6.07) is 5.45. The number of anilines is 2. The van der Waals surface area contributed by atoms with Gasteiger partial charge in [-0.25, -0.2) is 9.97 Å². The fraction of sp³-hybridized carbons (Fsp3) is 0.400. The van der Waals surface area contributed by atoms with Crippen molar-refractivity contribution in [1.82, 2.24) is 9.97 Å². The van der Waals surface area contributed by atoms with E-state index in [1.807, 2.05) is 26.0 Å². The number of hydrogen-bond donors (Lipinski definition) is 2. The number of hydrogen-bond acceptors (Lipinski definition) is 5. The summed E-state index contributed by atoms with van der Waals surface area (Å²) >= 11 is 0. The first-order valence-electron chi connectivity index (χ1n) is 9.07. The molecule has 2 N–H and O–H groups in total. The summed E-state index contributed by atoms with van der Waals surface area (Å²) in [5.74, 6) is 1.04. The lowest BCUT2D eigenvalue weighted by Crippen LogP contribution is -2.25. The van der Waals surface area contributed by atoms with Crippen LogP contribution in [0.25, 0.3) is 0 Å². The van der Waals surface area contributed by atoms with Gasteiger partial charge in [0.05, 0.1) is 18.5 Å². The van der Waals surface area contributed by atoms with E-state index in [4.69, 9.17) is 4.74 Å². The lowest BCUT2D eigenvalue weighted by Gasteiger charge is -2.27. The Morgan fingerprint density at radius 2 is 2.19 bits per heavy atom. The Bertz CT molecular complexity index is 880. The van der Waals surface area contributed by atoms with Crippen molar-refractivity contribution in [2.24, 2.45) is 0 Å². The van der Waals surface area contributed by atoms with Crippen LogP contribution in [0.3, 0.4) is 0 Å². The minimum atomic E-state index is -0.211. The second-order valence-electron chi connectivity index (χ2n) is 6.84. The van der Waals surface area contributed by atoms with E-state index in [-0.39, 0.29) is 30.1 Å². The number of methoxy groups -OCH3 is 1. The molecule has 0 bridgehead atoms. The van der Waals surface area contributed by atoms with Gasteiger partial charge in [-0.05, 0) is 17.7 Å². The monoisotopic (exact) mass is 368 g/mol. The average Bonchev–Trinajstić information content (AvgIpc) is 2.67. The fourth-order valence-corrected chi connectivity index (χ4v) is 3.12. The first-order chi connectivity index (χ1) is 12.9. The standard InChI is InChI=1S/C20H24N4O3/c1-5-18(25)23-16-8-12-13(14-6-7-21-20(24-14)11(2)3)9-19(26)22-15(12)10-17(16)27-4/h6-8,10-11,13H,5,9H2,1-4H3,(H,22,26)(H,23,25)/t13-/m1/s1. The van der Waals surface area contributed by atoms with Crippen molar-refractivity contribution < 1.29 is 14.3 Å². The fourth-order valence-electron chi connectivity index (χ4n) is 3.12. The zero-order valence-corrected chi connectivity index (χ0v) is 16.0. The molecule has 0 unspecified atom stereocenters. The quantitative estimate of drug-likeness (QED) is 0.843. The highest BCUT2D eigenvalue weighted by molar-refractivity contribution is 5.98. The van der Waals surface area contributed by atoms with Gasteiger partial charge >= 0.3 is 0 Å². The molecule has 0 saturated carbocycles. The number of nitrogens with one attached hydrogen (secondary N) is 2. The van der Waals surface area contributed by atoms with Gasteiger partial charge in [0.15, 0.2) is 0 Å². The molecule has 2 amide bonds. The average molecular weight is 368 g/mol. The molecule has 142 valence electrons. The molecule has 0 fully saturated rings. The molecule has 0 spiro atoms. The minimum absolute atomic E-state index is 0.0791. The topological polar surface area (TPSA) is 93.2 Å². The Kier molecular flexibility index (Phi) is 5.39. The molecule has 0 saturated heterocycles.